The summed E-state index contributed by atoms with van der Waals surface area (Å²) in [5, 5.41) is 0. The Labute approximate surface area is 88.3 Å². The van der Waals surface area contributed by atoms with E-state index in [1.54, 1.807) is 0 Å². The van der Waals surface area contributed by atoms with Gasteiger partial charge in [0.15, 0.2) is 0 Å². The van der Waals surface area contributed by atoms with Crippen molar-refractivity contribution in [3.63, 3.8) is 0 Å². The lowest BCUT2D eigenvalue weighted by Gasteiger charge is -2.07. The molecule has 2 heteroatoms. The first-order chi connectivity index (χ1) is 6.68. The standard InChI is InChI=1S/C10H18N2.C2H6/c1-9-7-10(8-11-9)5-4-6-12(2)3;1-2/h7-8,11H,4-6H2,1-3H3;1-2H3. The predicted octanol–water partition coefficient (Wildman–Crippen LogP) is 2.84. The molecule has 0 atom stereocenters. The minimum absolute atomic E-state index is 1.17. The molecule has 0 amide bonds. The van der Waals surface area contributed by atoms with Gasteiger partial charge >= 0.3 is 0 Å². The molecule has 0 saturated carbocycles. The number of aromatic amines is 1. The summed E-state index contributed by atoms with van der Waals surface area (Å²) in [4.78, 5) is 5.41. The van der Waals surface area contributed by atoms with Crippen LogP contribution in [0.4, 0.5) is 0 Å². The summed E-state index contributed by atoms with van der Waals surface area (Å²) in [5.74, 6) is 0. The third-order valence-corrected chi connectivity index (χ3v) is 1.96. The van der Waals surface area contributed by atoms with Crippen molar-refractivity contribution in [3.8, 4) is 0 Å². The Bertz CT molecular complexity index is 226. The quantitative estimate of drug-likeness (QED) is 0.784. The highest BCUT2D eigenvalue weighted by Crippen LogP contribution is 2.04. The molecule has 0 unspecified atom stereocenters. The third kappa shape index (κ3) is 5.81. The van der Waals surface area contributed by atoms with Crippen LogP contribution in [0.3, 0.4) is 0 Å². The summed E-state index contributed by atoms with van der Waals surface area (Å²) in [5.41, 5.74) is 2.68. The Morgan fingerprint density at radius 2 is 1.93 bits per heavy atom. The summed E-state index contributed by atoms with van der Waals surface area (Å²) in [6.07, 6.45) is 4.53. The summed E-state index contributed by atoms with van der Waals surface area (Å²) in [6.45, 7) is 7.26. The summed E-state index contributed by atoms with van der Waals surface area (Å²) in [7, 11) is 4.23. The molecule has 0 aliphatic heterocycles. The van der Waals surface area contributed by atoms with E-state index in [0.29, 0.717) is 0 Å². The minimum atomic E-state index is 1.17. The Kier molecular flexibility index (Phi) is 7.21. The molecule has 1 N–H and O–H groups in total. The summed E-state index contributed by atoms with van der Waals surface area (Å²) < 4.78 is 0. The molecule has 0 saturated heterocycles. The van der Waals surface area contributed by atoms with Crippen LogP contribution < -0.4 is 0 Å². The number of aryl methyl sites for hydroxylation is 2. The maximum Gasteiger partial charge on any atom is 0.0118 e. The van der Waals surface area contributed by atoms with Gasteiger partial charge in [-0.2, -0.15) is 0 Å². The van der Waals surface area contributed by atoms with E-state index in [-0.39, 0.29) is 0 Å². The van der Waals surface area contributed by atoms with Gasteiger partial charge in [-0.3, -0.25) is 0 Å². The third-order valence-electron chi connectivity index (χ3n) is 1.96. The highest BCUT2D eigenvalue weighted by Gasteiger charge is 1.95. The number of hydrogen-bond acceptors (Lipinski definition) is 1. The fraction of sp³-hybridized carbons (Fsp3) is 0.667. The highest BCUT2D eigenvalue weighted by atomic mass is 15.0. The fourth-order valence-electron chi connectivity index (χ4n) is 1.31. The zero-order chi connectivity index (χ0) is 11.0. The number of nitrogens with zero attached hydrogens (tertiary/aromatic N) is 1. The van der Waals surface area contributed by atoms with E-state index < -0.39 is 0 Å². The van der Waals surface area contributed by atoms with E-state index in [1.807, 2.05) is 13.8 Å². The molecule has 0 spiro atoms. The Hall–Kier alpha value is -0.760. The second-order valence-electron chi connectivity index (χ2n) is 3.60. The van der Waals surface area contributed by atoms with Crippen molar-refractivity contribution in [2.24, 2.45) is 0 Å². The zero-order valence-corrected chi connectivity index (χ0v) is 10.2. The number of nitrogens with one attached hydrogen (secondary N) is 1. The normalized spacial score (nSPS) is 9.86. The van der Waals surface area contributed by atoms with Crippen LogP contribution in [-0.2, 0) is 6.42 Å². The van der Waals surface area contributed by atoms with Crippen molar-refractivity contribution in [1.82, 2.24) is 9.88 Å². The number of aromatic nitrogens is 1. The van der Waals surface area contributed by atoms with Crippen molar-refractivity contribution in [3.05, 3.63) is 23.5 Å². The van der Waals surface area contributed by atoms with E-state index >= 15 is 0 Å². The van der Waals surface area contributed by atoms with Crippen LogP contribution in [0.25, 0.3) is 0 Å². The van der Waals surface area contributed by atoms with Gasteiger partial charge in [0.25, 0.3) is 0 Å². The first kappa shape index (κ1) is 13.2. The minimum Gasteiger partial charge on any atom is -0.365 e. The van der Waals surface area contributed by atoms with E-state index in [1.165, 1.54) is 30.6 Å². The number of hydrogen-bond donors (Lipinski definition) is 1. The van der Waals surface area contributed by atoms with Gasteiger partial charge in [0.05, 0.1) is 0 Å². The topological polar surface area (TPSA) is 19.0 Å². The second kappa shape index (κ2) is 7.63. The zero-order valence-electron chi connectivity index (χ0n) is 10.2. The van der Waals surface area contributed by atoms with Crippen molar-refractivity contribution in [1.29, 1.82) is 0 Å². The van der Waals surface area contributed by atoms with Gasteiger partial charge in [-0.25, -0.2) is 0 Å². The molecule has 14 heavy (non-hydrogen) atoms. The first-order valence-corrected chi connectivity index (χ1v) is 5.47. The summed E-state index contributed by atoms with van der Waals surface area (Å²) >= 11 is 0. The van der Waals surface area contributed by atoms with Gasteiger partial charge in [0, 0.05) is 11.9 Å². The van der Waals surface area contributed by atoms with Crippen molar-refractivity contribution < 1.29 is 0 Å². The number of rotatable bonds is 4. The van der Waals surface area contributed by atoms with Crippen LogP contribution in [0.15, 0.2) is 12.3 Å². The molecule has 0 aliphatic carbocycles. The van der Waals surface area contributed by atoms with Gasteiger partial charge in [0.2, 0.25) is 0 Å². The predicted molar refractivity (Wildman–Crippen MR) is 63.8 cm³/mol. The Morgan fingerprint density at radius 3 is 2.36 bits per heavy atom. The maximum absolute atomic E-state index is 3.19. The van der Waals surface area contributed by atoms with E-state index in [2.05, 4.69) is 43.2 Å². The average molecular weight is 196 g/mol. The fourth-order valence-corrected chi connectivity index (χ4v) is 1.31. The smallest absolute Gasteiger partial charge is 0.0118 e. The molecule has 0 aromatic carbocycles. The molecule has 0 bridgehead atoms. The Morgan fingerprint density at radius 1 is 1.29 bits per heavy atom. The summed E-state index contributed by atoms with van der Waals surface area (Å²) in [6, 6.07) is 2.22. The van der Waals surface area contributed by atoms with Crippen LogP contribution >= 0.6 is 0 Å². The van der Waals surface area contributed by atoms with Crippen molar-refractivity contribution in [2.45, 2.75) is 33.6 Å². The average Bonchev–Trinajstić information content (AvgIpc) is 2.54. The van der Waals surface area contributed by atoms with Crippen LogP contribution in [0.2, 0.25) is 0 Å². The molecule has 1 rings (SSSR count). The van der Waals surface area contributed by atoms with Crippen LogP contribution in [0, 0.1) is 6.92 Å². The molecule has 0 radical (unpaired) electrons. The number of H-pyrrole nitrogens is 1. The lowest BCUT2D eigenvalue weighted by molar-refractivity contribution is 0.400. The van der Waals surface area contributed by atoms with Crippen LogP contribution in [0.1, 0.15) is 31.5 Å². The van der Waals surface area contributed by atoms with Gasteiger partial charge in [0.1, 0.15) is 0 Å². The lowest BCUT2D eigenvalue weighted by atomic mass is 10.2. The van der Waals surface area contributed by atoms with Crippen LogP contribution in [-0.4, -0.2) is 30.5 Å². The molecule has 1 heterocycles. The Balaban J connectivity index is 0.000000791. The van der Waals surface area contributed by atoms with Gasteiger partial charge in [-0.15, -0.1) is 0 Å². The maximum atomic E-state index is 3.19. The van der Waals surface area contributed by atoms with Crippen LogP contribution in [0.5, 0.6) is 0 Å². The van der Waals surface area contributed by atoms with E-state index in [0.717, 1.165) is 0 Å². The molecule has 0 aliphatic rings. The van der Waals surface area contributed by atoms with E-state index in [4.69, 9.17) is 0 Å². The molecule has 2 nitrogen and oxygen atoms in total. The monoisotopic (exact) mass is 196 g/mol. The molecule has 0 fully saturated rings. The SMILES string of the molecule is CC.Cc1cc(CCCN(C)C)c[nH]1. The molecular formula is C12H24N2. The second-order valence-corrected chi connectivity index (χ2v) is 3.60. The highest BCUT2D eigenvalue weighted by molar-refractivity contribution is 5.15. The van der Waals surface area contributed by atoms with Gasteiger partial charge < -0.3 is 9.88 Å². The largest absolute Gasteiger partial charge is 0.365 e. The molecule has 82 valence electrons. The molecule has 1 aromatic heterocycles. The van der Waals surface area contributed by atoms with Gasteiger partial charge in [-0.1, -0.05) is 13.8 Å². The molecular weight excluding hydrogens is 172 g/mol. The van der Waals surface area contributed by atoms with E-state index in [9.17, 15) is 0 Å². The van der Waals surface area contributed by atoms with Crippen molar-refractivity contribution >= 4 is 0 Å². The first-order valence-electron chi connectivity index (χ1n) is 5.47. The lowest BCUT2D eigenvalue weighted by Crippen LogP contribution is -2.13. The molecule has 1 aromatic rings. The van der Waals surface area contributed by atoms with Gasteiger partial charge in [-0.05, 0) is 52.0 Å². The van der Waals surface area contributed by atoms with Crippen molar-refractivity contribution in [2.75, 3.05) is 20.6 Å².